The molecule has 1 nitrogen and oxygen atoms in total. The lowest BCUT2D eigenvalue weighted by molar-refractivity contribution is 0.439. The van der Waals surface area contributed by atoms with Gasteiger partial charge in [-0.2, -0.15) is 0 Å². The summed E-state index contributed by atoms with van der Waals surface area (Å²) in [5, 5.41) is 5.25. The fourth-order valence-electron chi connectivity index (χ4n) is 2.48. The third-order valence-electron chi connectivity index (χ3n) is 3.67. The van der Waals surface area contributed by atoms with Crippen LogP contribution in [0.3, 0.4) is 0 Å². The van der Waals surface area contributed by atoms with Crippen molar-refractivity contribution >= 4 is 23.2 Å². The van der Waals surface area contributed by atoms with E-state index in [2.05, 4.69) is 43.4 Å². The summed E-state index contributed by atoms with van der Waals surface area (Å²) in [6.07, 6.45) is 2.23. The molecular weight excluding hydrogens is 301 g/mol. The van der Waals surface area contributed by atoms with Crippen LogP contribution < -0.4 is 5.32 Å². The normalized spacial score (nSPS) is 13.9. The molecule has 2 rings (SSSR count). The van der Waals surface area contributed by atoms with Crippen molar-refractivity contribution in [1.82, 2.24) is 5.32 Å². The molecule has 0 saturated heterocycles. The summed E-state index contributed by atoms with van der Waals surface area (Å²) in [7, 11) is 0. The second-order valence-electron chi connectivity index (χ2n) is 5.33. The van der Waals surface area contributed by atoms with Crippen LogP contribution in [0.4, 0.5) is 0 Å². The Morgan fingerprint density at radius 1 is 0.857 bits per heavy atom. The van der Waals surface area contributed by atoms with Gasteiger partial charge in [-0.3, -0.25) is 0 Å². The van der Waals surface area contributed by atoms with Gasteiger partial charge in [-0.25, -0.2) is 0 Å². The summed E-state index contributed by atoms with van der Waals surface area (Å²) in [5.74, 6) is 0. The number of hydrogen-bond acceptors (Lipinski definition) is 1. The molecule has 0 amide bonds. The fourth-order valence-corrected chi connectivity index (χ4v) is 2.73. The smallest absolute Gasteiger partial charge is 0.0406 e. The van der Waals surface area contributed by atoms with Gasteiger partial charge in [-0.05, 0) is 48.7 Å². The van der Waals surface area contributed by atoms with Gasteiger partial charge in [0.05, 0.1) is 0 Å². The minimum absolute atomic E-state index is 0.273. The van der Waals surface area contributed by atoms with Crippen molar-refractivity contribution in [3.8, 4) is 0 Å². The summed E-state index contributed by atoms with van der Waals surface area (Å²) >= 11 is 11.9. The largest absolute Gasteiger partial charge is 0.303 e. The molecule has 2 unspecified atom stereocenters. The van der Waals surface area contributed by atoms with Gasteiger partial charge in [0.25, 0.3) is 0 Å². The Labute approximate surface area is 137 Å². The van der Waals surface area contributed by atoms with Crippen LogP contribution in [0.5, 0.6) is 0 Å². The Morgan fingerprint density at radius 2 is 1.33 bits per heavy atom. The van der Waals surface area contributed by atoms with E-state index in [0.29, 0.717) is 6.04 Å². The Bertz CT molecular complexity index is 548. The third kappa shape index (κ3) is 4.74. The number of benzene rings is 2. The lowest BCUT2D eigenvalue weighted by atomic mass is 9.99. The van der Waals surface area contributed by atoms with Gasteiger partial charge >= 0.3 is 0 Å². The van der Waals surface area contributed by atoms with Crippen LogP contribution in [0.25, 0.3) is 0 Å². The maximum absolute atomic E-state index is 5.98. The second kappa shape index (κ2) is 7.84. The predicted molar refractivity (Wildman–Crippen MR) is 92.1 cm³/mol. The molecule has 0 aromatic heterocycles. The Hall–Kier alpha value is -1.02. The van der Waals surface area contributed by atoms with Gasteiger partial charge in [0.1, 0.15) is 0 Å². The molecule has 0 bridgehead atoms. The van der Waals surface area contributed by atoms with E-state index in [1.54, 1.807) is 0 Å². The van der Waals surface area contributed by atoms with E-state index >= 15 is 0 Å². The summed E-state index contributed by atoms with van der Waals surface area (Å²) in [6, 6.07) is 16.7. The molecule has 1 N–H and O–H groups in total. The summed E-state index contributed by atoms with van der Waals surface area (Å²) < 4.78 is 0. The highest BCUT2D eigenvalue weighted by Gasteiger charge is 2.14. The first kappa shape index (κ1) is 16.4. The Kier molecular flexibility index (Phi) is 6.10. The molecule has 21 heavy (non-hydrogen) atoms. The van der Waals surface area contributed by atoms with Crippen molar-refractivity contribution < 1.29 is 0 Å². The van der Waals surface area contributed by atoms with Gasteiger partial charge in [0, 0.05) is 22.1 Å². The van der Waals surface area contributed by atoms with Gasteiger partial charge < -0.3 is 5.32 Å². The molecule has 3 heteroatoms. The van der Waals surface area contributed by atoms with Gasteiger partial charge in [-0.1, -0.05) is 60.8 Å². The molecule has 0 aliphatic carbocycles. The Morgan fingerprint density at radius 3 is 1.81 bits per heavy atom. The van der Waals surface area contributed by atoms with Crippen LogP contribution in [-0.4, -0.2) is 0 Å². The maximum atomic E-state index is 5.98. The van der Waals surface area contributed by atoms with E-state index in [1.165, 1.54) is 11.1 Å². The topological polar surface area (TPSA) is 12.0 Å². The van der Waals surface area contributed by atoms with E-state index in [1.807, 2.05) is 24.3 Å². The highest BCUT2D eigenvalue weighted by atomic mass is 35.5. The zero-order chi connectivity index (χ0) is 15.2. The quantitative estimate of drug-likeness (QED) is 0.669. The van der Waals surface area contributed by atoms with Crippen LogP contribution in [0.1, 0.15) is 49.9 Å². The van der Waals surface area contributed by atoms with E-state index < -0.39 is 0 Å². The number of hydrogen-bond donors (Lipinski definition) is 1. The van der Waals surface area contributed by atoms with Crippen molar-refractivity contribution in [3.05, 3.63) is 69.7 Å². The summed E-state index contributed by atoms with van der Waals surface area (Å²) in [4.78, 5) is 0. The molecule has 2 atom stereocenters. The molecule has 0 aliphatic heterocycles. The van der Waals surface area contributed by atoms with Crippen LogP contribution in [0, 0.1) is 0 Å². The zero-order valence-electron chi connectivity index (χ0n) is 12.4. The first-order valence-corrected chi connectivity index (χ1v) is 8.12. The first-order valence-electron chi connectivity index (χ1n) is 7.37. The van der Waals surface area contributed by atoms with E-state index in [4.69, 9.17) is 23.2 Å². The standard InChI is InChI=1S/C18H21Cl2N/c1-3-4-18(15-7-11-17(20)12-8-15)21-13(2)14-5-9-16(19)10-6-14/h5-13,18,21H,3-4H2,1-2H3. The van der Waals surface area contributed by atoms with Crippen molar-refractivity contribution in [3.63, 3.8) is 0 Å². The second-order valence-corrected chi connectivity index (χ2v) is 6.21. The van der Waals surface area contributed by atoms with E-state index in [0.717, 1.165) is 22.9 Å². The van der Waals surface area contributed by atoms with E-state index in [-0.39, 0.29) is 6.04 Å². The average Bonchev–Trinajstić information content (AvgIpc) is 2.48. The highest BCUT2D eigenvalue weighted by molar-refractivity contribution is 6.30. The van der Waals surface area contributed by atoms with Crippen LogP contribution in [0.15, 0.2) is 48.5 Å². The minimum atomic E-state index is 0.273. The van der Waals surface area contributed by atoms with Crippen LogP contribution >= 0.6 is 23.2 Å². The lowest BCUT2D eigenvalue weighted by Gasteiger charge is -2.24. The molecule has 0 heterocycles. The molecule has 0 aliphatic rings. The molecule has 2 aromatic rings. The SMILES string of the molecule is CCCC(NC(C)c1ccc(Cl)cc1)c1ccc(Cl)cc1. The average molecular weight is 322 g/mol. The zero-order valence-corrected chi connectivity index (χ0v) is 14.0. The number of halogens is 2. The van der Waals surface area contributed by atoms with Gasteiger partial charge in [0.15, 0.2) is 0 Å². The van der Waals surface area contributed by atoms with Crippen molar-refractivity contribution in [2.24, 2.45) is 0 Å². The molecular formula is C18H21Cl2N. The monoisotopic (exact) mass is 321 g/mol. The number of nitrogens with one attached hydrogen (secondary N) is 1. The maximum Gasteiger partial charge on any atom is 0.0406 e. The van der Waals surface area contributed by atoms with E-state index in [9.17, 15) is 0 Å². The van der Waals surface area contributed by atoms with Crippen molar-refractivity contribution in [1.29, 1.82) is 0 Å². The van der Waals surface area contributed by atoms with Crippen molar-refractivity contribution in [2.75, 3.05) is 0 Å². The van der Waals surface area contributed by atoms with Gasteiger partial charge in [0.2, 0.25) is 0 Å². The molecule has 112 valence electrons. The highest BCUT2D eigenvalue weighted by Crippen LogP contribution is 2.25. The lowest BCUT2D eigenvalue weighted by Crippen LogP contribution is -2.24. The van der Waals surface area contributed by atoms with Crippen LogP contribution in [-0.2, 0) is 0 Å². The molecule has 0 fully saturated rings. The summed E-state index contributed by atoms with van der Waals surface area (Å²) in [6.45, 7) is 4.39. The predicted octanol–water partition coefficient (Wildman–Crippen LogP) is 6.19. The first-order chi connectivity index (χ1) is 10.1. The van der Waals surface area contributed by atoms with Crippen molar-refractivity contribution in [2.45, 2.75) is 38.8 Å². The fraction of sp³-hybridized carbons (Fsp3) is 0.333. The third-order valence-corrected chi connectivity index (χ3v) is 4.17. The summed E-state index contributed by atoms with van der Waals surface area (Å²) in [5.41, 5.74) is 2.52. The number of rotatable bonds is 6. The molecule has 0 spiro atoms. The van der Waals surface area contributed by atoms with Gasteiger partial charge in [-0.15, -0.1) is 0 Å². The molecule has 0 radical (unpaired) electrons. The Balaban J connectivity index is 2.11. The van der Waals surface area contributed by atoms with Crippen LogP contribution in [0.2, 0.25) is 10.0 Å². The molecule has 2 aromatic carbocycles. The molecule has 0 saturated carbocycles. The minimum Gasteiger partial charge on any atom is -0.303 e.